The van der Waals surface area contributed by atoms with Crippen LogP contribution < -0.4 is 0 Å². The van der Waals surface area contributed by atoms with Crippen LogP contribution in [0.25, 0.3) is 11.4 Å². The van der Waals surface area contributed by atoms with Gasteiger partial charge in [-0.1, -0.05) is 48.2 Å². The van der Waals surface area contributed by atoms with Gasteiger partial charge in [0, 0.05) is 39.3 Å². The first-order valence-electron chi connectivity index (χ1n) is 10.4. The number of amides is 1. The number of hydrogen-bond acceptors (Lipinski definition) is 6. The topological polar surface area (TPSA) is 67.4 Å². The van der Waals surface area contributed by atoms with Crippen molar-refractivity contribution in [1.82, 2.24) is 24.6 Å². The molecule has 1 aliphatic rings. The van der Waals surface area contributed by atoms with E-state index in [9.17, 15) is 4.79 Å². The summed E-state index contributed by atoms with van der Waals surface area (Å²) in [6.45, 7) is 10.5. The van der Waals surface area contributed by atoms with E-state index in [0.717, 1.165) is 49.9 Å². The predicted octanol–water partition coefficient (Wildman–Crippen LogP) is 3.47. The van der Waals surface area contributed by atoms with Gasteiger partial charge in [-0.15, -0.1) is 16.8 Å². The lowest BCUT2D eigenvalue weighted by Gasteiger charge is -2.34. The van der Waals surface area contributed by atoms with Crippen LogP contribution in [0.5, 0.6) is 0 Å². The Balaban J connectivity index is 1.32. The van der Waals surface area contributed by atoms with Crippen molar-refractivity contribution in [2.75, 3.05) is 31.9 Å². The Morgan fingerprint density at radius 2 is 1.94 bits per heavy atom. The Morgan fingerprint density at radius 3 is 2.61 bits per heavy atom. The second-order valence-electron chi connectivity index (χ2n) is 7.53. The van der Waals surface area contributed by atoms with E-state index in [0.29, 0.717) is 17.5 Å². The quantitative estimate of drug-likeness (QED) is 0.397. The summed E-state index contributed by atoms with van der Waals surface area (Å²) in [4.78, 5) is 17.1. The SMILES string of the molecule is C=CCn1c(SCC(=O)N2CCN(Cc3ccccc3)CC2)nnc1-c1ccoc1C. The molecule has 1 amide bonds. The maximum atomic E-state index is 12.8. The Labute approximate surface area is 186 Å². The molecule has 1 fully saturated rings. The summed E-state index contributed by atoms with van der Waals surface area (Å²) in [6.07, 6.45) is 3.45. The summed E-state index contributed by atoms with van der Waals surface area (Å²) in [6, 6.07) is 12.3. The molecular formula is C23H27N5O2S. The molecule has 31 heavy (non-hydrogen) atoms. The van der Waals surface area contributed by atoms with Crippen molar-refractivity contribution in [3.8, 4) is 11.4 Å². The molecule has 3 aromatic rings. The molecule has 0 aliphatic carbocycles. The number of carbonyl (C=O) groups excluding carboxylic acids is 1. The molecule has 0 atom stereocenters. The first-order chi connectivity index (χ1) is 15.2. The third-order valence-electron chi connectivity index (χ3n) is 5.43. The number of furan rings is 1. The van der Waals surface area contributed by atoms with Crippen LogP contribution >= 0.6 is 11.8 Å². The molecule has 8 heteroatoms. The predicted molar refractivity (Wildman–Crippen MR) is 122 cm³/mol. The molecule has 1 aliphatic heterocycles. The van der Waals surface area contributed by atoms with Crippen molar-refractivity contribution in [1.29, 1.82) is 0 Å². The maximum Gasteiger partial charge on any atom is 0.233 e. The van der Waals surface area contributed by atoms with E-state index in [-0.39, 0.29) is 5.91 Å². The number of benzene rings is 1. The van der Waals surface area contributed by atoms with E-state index in [4.69, 9.17) is 4.42 Å². The lowest BCUT2D eigenvalue weighted by atomic mass is 10.2. The second-order valence-corrected chi connectivity index (χ2v) is 8.47. The van der Waals surface area contributed by atoms with Crippen LogP contribution in [0, 0.1) is 6.92 Å². The molecule has 2 aromatic heterocycles. The highest BCUT2D eigenvalue weighted by Crippen LogP contribution is 2.27. The summed E-state index contributed by atoms with van der Waals surface area (Å²) in [5, 5.41) is 9.36. The standard InChI is InChI=1S/C23H27N5O2S/c1-3-10-28-22(20-9-15-30-18(20)2)24-25-23(28)31-17-21(29)27-13-11-26(12-14-27)16-19-7-5-4-6-8-19/h3-9,15H,1,10-14,16-17H2,2H3. The minimum absolute atomic E-state index is 0.138. The van der Waals surface area contributed by atoms with Gasteiger partial charge < -0.3 is 9.32 Å². The number of piperazine rings is 1. The summed E-state index contributed by atoms with van der Waals surface area (Å²) in [5.74, 6) is 2.01. The highest BCUT2D eigenvalue weighted by molar-refractivity contribution is 7.99. The van der Waals surface area contributed by atoms with Gasteiger partial charge in [0.1, 0.15) is 5.76 Å². The van der Waals surface area contributed by atoms with Crippen LogP contribution in [-0.4, -0.2) is 62.4 Å². The second kappa shape index (κ2) is 9.98. The van der Waals surface area contributed by atoms with Crippen LogP contribution in [0.4, 0.5) is 0 Å². The minimum atomic E-state index is 0.138. The molecule has 7 nitrogen and oxygen atoms in total. The number of nitrogens with zero attached hydrogens (tertiary/aromatic N) is 5. The van der Waals surface area contributed by atoms with Crippen molar-refractivity contribution in [3.63, 3.8) is 0 Å². The van der Waals surface area contributed by atoms with Gasteiger partial charge >= 0.3 is 0 Å². The minimum Gasteiger partial charge on any atom is -0.469 e. The van der Waals surface area contributed by atoms with Gasteiger partial charge in [-0.3, -0.25) is 14.3 Å². The zero-order chi connectivity index (χ0) is 21.6. The van der Waals surface area contributed by atoms with Crippen LogP contribution in [0.15, 0.2) is 64.9 Å². The molecule has 0 unspecified atom stereocenters. The van der Waals surface area contributed by atoms with E-state index in [1.807, 2.05) is 28.5 Å². The van der Waals surface area contributed by atoms with Crippen molar-refractivity contribution >= 4 is 17.7 Å². The van der Waals surface area contributed by atoms with E-state index >= 15 is 0 Å². The molecule has 162 valence electrons. The van der Waals surface area contributed by atoms with Gasteiger partial charge in [-0.05, 0) is 18.6 Å². The van der Waals surface area contributed by atoms with Gasteiger partial charge in [-0.25, -0.2) is 0 Å². The van der Waals surface area contributed by atoms with Crippen molar-refractivity contribution in [2.45, 2.75) is 25.2 Å². The highest BCUT2D eigenvalue weighted by Gasteiger charge is 2.23. The molecule has 1 saturated heterocycles. The average molecular weight is 438 g/mol. The molecule has 0 N–H and O–H groups in total. The molecule has 1 aromatic carbocycles. The average Bonchev–Trinajstić information content (AvgIpc) is 3.39. The fraction of sp³-hybridized carbons (Fsp3) is 0.348. The number of aromatic nitrogens is 3. The van der Waals surface area contributed by atoms with E-state index < -0.39 is 0 Å². The number of thioether (sulfide) groups is 1. The first kappa shape index (κ1) is 21.4. The Bertz CT molecular complexity index is 1020. The Morgan fingerprint density at radius 1 is 1.16 bits per heavy atom. The van der Waals surface area contributed by atoms with E-state index in [1.54, 1.807) is 12.3 Å². The Kier molecular flexibility index (Phi) is 6.89. The normalized spacial score (nSPS) is 14.7. The number of hydrogen-bond donors (Lipinski definition) is 0. The highest BCUT2D eigenvalue weighted by atomic mass is 32.2. The number of aryl methyl sites for hydroxylation is 1. The van der Waals surface area contributed by atoms with Crippen LogP contribution in [0.1, 0.15) is 11.3 Å². The molecule has 0 radical (unpaired) electrons. The van der Waals surface area contributed by atoms with Gasteiger partial charge in [-0.2, -0.15) is 0 Å². The van der Waals surface area contributed by atoms with Gasteiger partial charge in [0.2, 0.25) is 5.91 Å². The largest absolute Gasteiger partial charge is 0.469 e. The van der Waals surface area contributed by atoms with E-state index in [2.05, 4.69) is 45.9 Å². The van der Waals surface area contributed by atoms with Crippen LogP contribution in [0.2, 0.25) is 0 Å². The Hall–Kier alpha value is -2.84. The fourth-order valence-electron chi connectivity index (χ4n) is 3.72. The molecule has 4 rings (SSSR count). The monoisotopic (exact) mass is 437 g/mol. The summed E-state index contributed by atoms with van der Waals surface area (Å²) < 4.78 is 7.38. The van der Waals surface area contributed by atoms with E-state index in [1.165, 1.54) is 17.3 Å². The first-order valence-corrected chi connectivity index (χ1v) is 11.4. The smallest absolute Gasteiger partial charge is 0.233 e. The summed E-state index contributed by atoms with van der Waals surface area (Å²) in [7, 11) is 0. The lowest BCUT2D eigenvalue weighted by molar-refractivity contribution is -0.130. The molecule has 3 heterocycles. The molecule has 0 saturated carbocycles. The summed E-state index contributed by atoms with van der Waals surface area (Å²) in [5.41, 5.74) is 2.21. The van der Waals surface area contributed by atoms with Crippen molar-refractivity contribution < 1.29 is 9.21 Å². The summed E-state index contributed by atoms with van der Waals surface area (Å²) >= 11 is 1.42. The lowest BCUT2D eigenvalue weighted by Crippen LogP contribution is -2.48. The van der Waals surface area contributed by atoms with Gasteiger partial charge in [0.15, 0.2) is 11.0 Å². The maximum absolute atomic E-state index is 12.8. The number of allylic oxidation sites excluding steroid dienone is 1. The number of carbonyl (C=O) groups is 1. The van der Waals surface area contributed by atoms with Crippen LogP contribution in [0.3, 0.4) is 0 Å². The zero-order valence-electron chi connectivity index (χ0n) is 17.7. The van der Waals surface area contributed by atoms with Gasteiger partial charge in [0.05, 0.1) is 17.6 Å². The third-order valence-corrected chi connectivity index (χ3v) is 6.38. The third kappa shape index (κ3) is 5.08. The molecular weight excluding hydrogens is 410 g/mol. The van der Waals surface area contributed by atoms with Crippen molar-refractivity contribution in [3.05, 3.63) is 66.6 Å². The van der Waals surface area contributed by atoms with Gasteiger partial charge in [0.25, 0.3) is 0 Å². The fourth-order valence-corrected chi connectivity index (χ4v) is 4.57. The van der Waals surface area contributed by atoms with Crippen LogP contribution in [-0.2, 0) is 17.9 Å². The molecule has 0 bridgehead atoms. The number of rotatable bonds is 8. The zero-order valence-corrected chi connectivity index (χ0v) is 18.6. The van der Waals surface area contributed by atoms with Crippen molar-refractivity contribution in [2.24, 2.45) is 0 Å². The molecule has 0 spiro atoms.